The monoisotopic (exact) mass is 295 g/mol. The molecule has 0 aliphatic heterocycles. The van der Waals surface area contributed by atoms with Crippen molar-refractivity contribution in [1.82, 2.24) is 4.72 Å². The second kappa shape index (κ2) is 5.47. The van der Waals surface area contributed by atoms with Gasteiger partial charge in [0.1, 0.15) is 0 Å². The predicted molar refractivity (Wildman–Crippen MR) is 77.0 cm³/mol. The van der Waals surface area contributed by atoms with Crippen molar-refractivity contribution in [2.24, 2.45) is 5.92 Å². The van der Waals surface area contributed by atoms with E-state index in [0.717, 1.165) is 19.3 Å². The first-order valence-corrected chi connectivity index (χ1v) is 8.80. The van der Waals surface area contributed by atoms with Crippen molar-refractivity contribution in [3.63, 3.8) is 0 Å². The van der Waals surface area contributed by atoms with E-state index in [1.165, 1.54) is 18.4 Å². The van der Waals surface area contributed by atoms with Crippen LogP contribution < -0.4 is 4.72 Å². The number of nitrogens with one attached hydrogen (secondary N) is 1. The lowest BCUT2D eigenvalue weighted by atomic mass is 10.1. The molecule has 1 aromatic rings. The van der Waals surface area contributed by atoms with Gasteiger partial charge in [0.05, 0.1) is 4.90 Å². The summed E-state index contributed by atoms with van der Waals surface area (Å²) in [6.45, 7) is 0.147. The van der Waals surface area contributed by atoms with Crippen molar-refractivity contribution in [2.75, 3.05) is 6.61 Å². The Labute approximate surface area is 120 Å². The van der Waals surface area contributed by atoms with Crippen molar-refractivity contribution >= 4 is 10.0 Å². The lowest BCUT2D eigenvalue weighted by Gasteiger charge is -2.13. The van der Waals surface area contributed by atoms with E-state index < -0.39 is 10.0 Å². The Balaban J connectivity index is 1.68. The Morgan fingerprint density at radius 1 is 1.10 bits per heavy atom. The smallest absolute Gasteiger partial charge is 0.240 e. The molecule has 2 N–H and O–H groups in total. The molecule has 0 bridgehead atoms. The molecule has 20 heavy (non-hydrogen) atoms. The van der Waals surface area contributed by atoms with Crippen LogP contribution in [0.15, 0.2) is 29.2 Å². The molecule has 2 atom stereocenters. The quantitative estimate of drug-likeness (QED) is 0.873. The summed E-state index contributed by atoms with van der Waals surface area (Å²) in [6.07, 6.45) is 4.87. The Morgan fingerprint density at radius 3 is 2.35 bits per heavy atom. The van der Waals surface area contributed by atoms with Gasteiger partial charge in [-0.25, -0.2) is 13.1 Å². The predicted octanol–water partition coefficient (Wildman–Crippen LogP) is 2.00. The lowest BCUT2D eigenvalue weighted by molar-refractivity contribution is 0.228. The summed E-state index contributed by atoms with van der Waals surface area (Å²) in [5.74, 6) is 0.875. The maximum absolute atomic E-state index is 12.3. The largest absolute Gasteiger partial charge is 0.396 e. The van der Waals surface area contributed by atoms with Crippen LogP contribution in [0.3, 0.4) is 0 Å². The number of benzene rings is 1. The van der Waals surface area contributed by atoms with Crippen LogP contribution in [-0.4, -0.2) is 26.2 Å². The van der Waals surface area contributed by atoms with Gasteiger partial charge in [0, 0.05) is 12.6 Å². The zero-order chi connectivity index (χ0) is 14.2. The van der Waals surface area contributed by atoms with Crippen LogP contribution in [-0.2, 0) is 10.0 Å². The number of hydrogen-bond acceptors (Lipinski definition) is 3. The molecule has 3 rings (SSSR count). The zero-order valence-electron chi connectivity index (χ0n) is 11.5. The molecule has 4 nitrogen and oxygen atoms in total. The fourth-order valence-electron chi connectivity index (χ4n) is 2.97. The van der Waals surface area contributed by atoms with Gasteiger partial charge in [-0.15, -0.1) is 0 Å². The van der Waals surface area contributed by atoms with Crippen LogP contribution in [0.25, 0.3) is 0 Å². The van der Waals surface area contributed by atoms with E-state index >= 15 is 0 Å². The second-order valence-electron chi connectivity index (χ2n) is 6.02. The Kier molecular flexibility index (Phi) is 3.84. The van der Waals surface area contributed by atoms with Crippen molar-refractivity contribution in [1.29, 1.82) is 0 Å². The molecule has 1 aromatic carbocycles. The van der Waals surface area contributed by atoms with Gasteiger partial charge in [-0.1, -0.05) is 12.1 Å². The standard InChI is InChI=1S/C15H21NO3S/c17-10-11-1-6-14(9-11)16-20(18,19)15-7-4-13(5-8-15)12-2-3-12/h4-5,7-8,11-12,14,16-17H,1-3,6,9-10H2/t11-,14+/m1/s1. The average Bonchev–Trinajstić information content (AvgIpc) is 3.20. The average molecular weight is 295 g/mol. The Morgan fingerprint density at radius 2 is 1.80 bits per heavy atom. The van der Waals surface area contributed by atoms with Crippen LogP contribution in [0.2, 0.25) is 0 Å². The summed E-state index contributed by atoms with van der Waals surface area (Å²) in [5.41, 5.74) is 1.24. The van der Waals surface area contributed by atoms with Crippen LogP contribution in [0.4, 0.5) is 0 Å². The molecule has 0 radical (unpaired) electrons. The van der Waals surface area contributed by atoms with Crippen molar-refractivity contribution in [2.45, 2.75) is 49.0 Å². The van der Waals surface area contributed by atoms with Gasteiger partial charge in [0.15, 0.2) is 0 Å². The summed E-state index contributed by atoms with van der Waals surface area (Å²) in [7, 11) is -3.43. The highest BCUT2D eigenvalue weighted by Gasteiger charge is 2.29. The van der Waals surface area contributed by atoms with Crippen molar-refractivity contribution < 1.29 is 13.5 Å². The normalized spacial score (nSPS) is 26.9. The van der Waals surface area contributed by atoms with E-state index in [1.54, 1.807) is 12.1 Å². The highest BCUT2D eigenvalue weighted by atomic mass is 32.2. The van der Waals surface area contributed by atoms with Gasteiger partial charge >= 0.3 is 0 Å². The number of sulfonamides is 1. The van der Waals surface area contributed by atoms with Gasteiger partial charge in [0.2, 0.25) is 10.0 Å². The second-order valence-corrected chi connectivity index (χ2v) is 7.74. The molecule has 0 unspecified atom stereocenters. The summed E-state index contributed by atoms with van der Waals surface area (Å²) in [6, 6.07) is 7.22. The van der Waals surface area contributed by atoms with Crippen molar-refractivity contribution in [3.8, 4) is 0 Å². The summed E-state index contributed by atoms with van der Waals surface area (Å²) >= 11 is 0. The molecule has 2 aliphatic rings. The maximum Gasteiger partial charge on any atom is 0.240 e. The molecular weight excluding hydrogens is 274 g/mol. The highest BCUT2D eigenvalue weighted by molar-refractivity contribution is 7.89. The van der Waals surface area contributed by atoms with E-state index in [-0.39, 0.29) is 18.6 Å². The Hall–Kier alpha value is -0.910. The molecule has 2 aliphatic carbocycles. The van der Waals surface area contributed by atoms with Crippen LogP contribution in [0, 0.1) is 5.92 Å². The minimum atomic E-state index is -3.43. The molecule has 5 heteroatoms. The minimum absolute atomic E-state index is 0.0414. The molecule has 2 saturated carbocycles. The molecule has 2 fully saturated rings. The summed E-state index contributed by atoms with van der Waals surface area (Å²) in [5, 5.41) is 9.11. The van der Waals surface area contributed by atoms with Crippen LogP contribution in [0.1, 0.15) is 43.6 Å². The van der Waals surface area contributed by atoms with E-state index in [4.69, 9.17) is 5.11 Å². The van der Waals surface area contributed by atoms with Gasteiger partial charge in [-0.2, -0.15) is 0 Å². The fraction of sp³-hybridized carbons (Fsp3) is 0.600. The molecular formula is C15H21NO3S. The van der Waals surface area contributed by atoms with Gasteiger partial charge in [-0.05, 0) is 61.6 Å². The first-order valence-electron chi connectivity index (χ1n) is 7.31. The molecule has 0 amide bonds. The van der Waals surface area contributed by atoms with Crippen LogP contribution >= 0.6 is 0 Å². The third kappa shape index (κ3) is 3.05. The van der Waals surface area contributed by atoms with Crippen molar-refractivity contribution in [3.05, 3.63) is 29.8 Å². The van der Waals surface area contributed by atoms with Gasteiger partial charge < -0.3 is 5.11 Å². The van der Waals surface area contributed by atoms with E-state index in [0.29, 0.717) is 10.8 Å². The number of aliphatic hydroxyl groups excluding tert-OH is 1. The topological polar surface area (TPSA) is 66.4 Å². The molecule has 110 valence electrons. The lowest BCUT2D eigenvalue weighted by Crippen LogP contribution is -2.33. The summed E-state index contributed by atoms with van der Waals surface area (Å²) in [4.78, 5) is 0.342. The van der Waals surface area contributed by atoms with E-state index in [9.17, 15) is 8.42 Å². The third-order valence-corrected chi connectivity index (χ3v) is 5.90. The van der Waals surface area contributed by atoms with Crippen LogP contribution in [0.5, 0.6) is 0 Å². The number of hydrogen-bond donors (Lipinski definition) is 2. The zero-order valence-corrected chi connectivity index (χ0v) is 12.3. The van der Waals surface area contributed by atoms with E-state index in [2.05, 4.69) is 4.72 Å². The maximum atomic E-state index is 12.3. The summed E-state index contributed by atoms with van der Waals surface area (Å²) < 4.78 is 27.4. The molecule has 0 spiro atoms. The van der Waals surface area contributed by atoms with Gasteiger partial charge in [0.25, 0.3) is 0 Å². The van der Waals surface area contributed by atoms with Gasteiger partial charge in [-0.3, -0.25) is 0 Å². The fourth-order valence-corrected chi connectivity index (χ4v) is 4.25. The number of rotatable bonds is 5. The number of aliphatic hydroxyl groups is 1. The highest BCUT2D eigenvalue weighted by Crippen LogP contribution is 2.40. The first-order chi connectivity index (χ1) is 9.58. The molecule has 0 aromatic heterocycles. The first kappa shape index (κ1) is 14.0. The SMILES string of the molecule is O=S(=O)(N[C@H]1CC[C@@H](CO)C1)c1ccc(C2CC2)cc1. The minimum Gasteiger partial charge on any atom is -0.396 e. The third-order valence-electron chi connectivity index (χ3n) is 4.36. The Bertz CT molecular complexity index is 563. The molecule has 0 heterocycles. The molecule has 0 saturated heterocycles. The van der Waals surface area contributed by atoms with E-state index in [1.807, 2.05) is 12.1 Å².